The third-order valence-electron chi connectivity index (χ3n) is 9.93. The highest BCUT2D eigenvalue weighted by molar-refractivity contribution is 7.14. The zero-order valence-corrected chi connectivity index (χ0v) is 28.0. The molecule has 0 atom stereocenters. The van der Waals surface area contributed by atoms with Crippen LogP contribution >= 0.6 is 11.3 Å². The molecule has 1 aromatic heterocycles. The average Bonchev–Trinajstić information content (AvgIpc) is 3.36. The van der Waals surface area contributed by atoms with E-state index in [1.165, 1.54) is 28.1 Å². The number of hydrogen-bond donors (Lipinski definition) is 0. The molecule has 1 aromatic carbocycles. The summed E-state index contributed by atoms with van der Waals surface area (Å²) in [6.07, 6.45) is 2.79. The van der Waals surface area contributed by atoms with E-state index in [0.29, 0.717) is 17.7 Å². The summed E-state index contributed by atoms with van der Waals surface area (Å²) < 4.78 is 34.9. The van der Waals surface area contributed by atoms with Crippen molar-refractivity contribution in [3.63, 3.8) is 0 Å². The van der Waals surface area contributed by atoms with E-state index in [1.807, 2.05) is 27.7 Å². The van der Waals surface area contributed by atoms with Crippen LogP contribution in [0.5, 0.6) is 0 Å². The molecule has 0 unspecified atom stereocenters. The second kappa shape index (κ2) is 9.50. The number of thiophene rings is 1. The topological polar surface area (TPSA) is 48.0 Å². The normalized spacial score (nSPS) is 21.6. The van der Waals surface area contributed by atoms with Crippen molar-refractivity contribution in [1.82, 2.24) is 0 Å². The second-order valence-corrected chi connectivity index (χ2v) is 21.1. The van der Waals surface area contributed by atoms with E-state index >= 15 is 4.39 Å². The molecule has 2 aromatic rings. The molecule has 0 saturated carbocycles. The molecule has 3 aliphatic rings. The molecule has 1 fully saturated rings. The Morgan fingerprint density at radius 2 is 1.68 bits per heavy atom. The number of halogens is 1. The number of benzene rings is 1. The van der Waals surface area contributed by atoms with Gasteiger partial charge < -0.3 is 18.6 Å². The van der Waals surface area contributed by atoms with Crippen LogP contribution in [0.2, 0.25) is 18.1 Å². The van der Waals surface area contributed by atoms with Crippen molar-refractivity contribution in [3.05, 3.63) is 44.4 Å². The highest BCUT2D eigenvalue weighted by atomic mass is 32.1. The first kappa shape index (κ1) is 30.0. The number of fused-ring (bicyclic) bond motifs is 3. The van der Waals surface area contributed by atoms with E-state index in [1.54, 1.807) is 16.2 Å². The van der Waals surface area contributed by atoms with Crippen molar-refractivity contribution < 1.29 is 22.9 Å². The van der Waals surface area contributed by atoms with Crippen LogP contribution < -0.4 is 10.4 Å². The molecule has 0 radical (unpaired) electrons. The Labute approximate surface area is 245 Å². The fraction of sp³-hybridized carbons (Fsp3) is 0.645. The largest absolute Gasteiger partial charge is 0.495 e. The standard InChI is InChI=1S/C31H45BFNO4SSi/c1-28(2,3)40(10,11)36-18-22-23(32-37-30(6,7)31(8,9)38-32)14-19(33)15-24(22)34-13-12-20-21-16-29(4,5)17-25(21)39-26(20)27(34)35/h14-15H,12-13,16-18H2,1-11H3. The minimum absolute atomic E-state index is 0.00114. The lowest BCUT2D eigenvalue weighted by Crippen LogP contribution is -2.44. The van der Waals surface area contributed by atoms with Crippen molar-refractivity contribution >= 4 is 43.8 Å². The molecule has 9 heteroatoms. The molecule has 0 bridgehead atoms. The molecule has 218 valence electrons. The van der Waals surface area contributed by atoms with Gasteiger partial charge in [-0.25, -0.2) is 4.39 Å². The lowest BCUT2D eigenvalue weighted by Gasteiger charge is -2.37. The molecule has 1 saturated heterocycles. The Hall–Kier alpha value is -1.52. The molecule has 3 heterocycles. The SMILES string of the molecule is CC1(C)Cc2sc3c(c2C1)CCN(c1cc(F)cc(B2OC(C)(C)C(C)(C)O2)c1CO[Si](C)(C)C(C)(C)C)C3=O. The number of nitrogens with zero attached hydrogens (tertiary/aromatic N) is 1. The fourth-order valence-corrected chi connectivity index (χ4v) is 8.19. The summed E-state index contributed by atoms with van der Waals surface area (Å²) in [5.74, 6) is -0.456. The monoisotopic (exact) mass is 585 g/mol. The summed E-state index contributed by atoms with van der Waals surface area (Å²) in [7, 11) is -2.92. The molecule has 0 N–H and O–H groups in total. The Kier molecular flexibility index (Phi) is 7.11. The van der Waals surface area contributed by atoms with Gasteiger partial charge in [0.2, 0.25) is 0 Å². The third-order valence-corrected chi connectivity index (χ3v) is 15.7. The van der Waals surface area contributed by atoms with Gasteiger partial charge >= 0.3 is 7.12 Å². The predicted molar refractivity (Wildman–Crippen MR) is 165 cm³/mol. The first-order valence-corrected chi connectivity index (χ1v) is 18.2. The van der Waals surface area contributed by atoms with Crippen LogP contribution in [0.4, 0.5) is 10.1 Å². The van der Waals surface area contributed by atoms with E-state index in [-0.39, 0.29) is 23.0 Å². The predicted octanol–water partition coefficient (Wildman–Crippen LogP) is 7.04. The van der Waals surface area contributed by atoms with Crippen molar-refractivity contribution in [1.29, 1.82) is 0 Å². The minimum atomic E-state index is -2.16. The number of carbonyl (C=O) groups excluding carboxylic acids is 1. The third kappa shape index (κ3) is 5.04. The molecule has 2 aliphatic heterocycles. The lowest BCUT2D eigenvalue weighted by atomic mass is 9.75. The van der Waals surface area contributed by atoms with Gasteiger partial charge in [0.25, 0.3) is 5.91 Å². The molecule has 40 heavy (non-hydrogen) atoms. The number of carbonyl (C=O) groups is 1. The van der Waals surface area contributed by atoms with Crippen LogP contribution in [-0.2, 0) is 39.6 Å². The van der Waals surface area contributed by atoms with Crippen molar-refractivity contribution in [3.8, 4) is 0 Å². The Morgan fingerprint density at radius 3 is 2.27 bits per heavy atom. The maximum absolute atomic E-state index is 15.4. The lowest BCUT2D eigenvalue weighted by molar-refractivity contribution is 0.00578. The van der Waals surface area contributed by atoms with E-state index in [0.717, 1.165) is 29.7 Å². The van der Waals surface area contributed by atoms with Gasteiger partial charge in [0.1, 0.15) is 5.82 Å². The van der Waals surface area contributed by atoms with Gasteiger partial charge in [-0.1, -0.05) is 34.6 Å². The molecular formula is C31H45BFNO4SSi. The fourth-order valence-electron chi connectivity index (χ4n) is 5.68. The minimum Gasteiger partial charge on any atom is -0.412 e. The van der Waals surface area contributed by atoms with E-state index < -0.39 is 32.5 Å². The number of rotatable bonds is 5. The highest BCUT2D eigenvalue weighted by Crippen LogP contribution is 2.46. The zero-order valence-electron chi connectivity index (χ0n) is 26.1. The van der Waals surface area contributed by atoms with Crippen molar-refractivity contribution in [2.45, 2.75) is 118 Å². The summed E-state index contributed by atoms with van der Waals surface area (Å²) in [4.78, 5) is 18.0. The highest BCUT2D eigenvalue weighted by Gasteiger charge is 2.53. The zero-order chi connectivity index (χ0) is 29.6. The molecule has 1 aliphatic carbocycles. The van der Waals surface area contributed by atoms with E-state index in [2.05, 4.69) is 47.7 Å². The Balaban J connectivity index is 1.58. The molecular weight excluding hydrogens is 540 g/mol. The van der Waals surface area contributed by atoms with Crippen LogP contribution in [0.3, 0.4) is 0 Å². The first-order valence-electron chi connectivity index (χ1n) is 14.5. The summed E-state index contributed by atoms with van der Waals surface area (Å²) in [5, 5.41) is -0.00114. The molecule has 1 amide bonds. The van der Waals surface area contributed by atoms with Crippen molar-refractivity contribution in [2.75, 3.05) is 11.4 Å². The van der Waals surface area contributed by atoms with E-state index in [9.17, 15) is 4.79 Å². The van der Waals surface area contributed by atoms with Gasteiger partial charge in [0.05, 0.1) is 28.4 Å². The second-order valence-electron chi connectivity index (χ2n) is 15.2. The summed E-state index contributed by atoms with van der Waals surface area (Å²) >= 11 is 1.63. The van der Waals surface area contributed by atoms with Crippen LogP contribution in [0.25, 0.3) is 0 Å². The maximum atomic E-state index is 15.4. The van der Waals surface area contributed by atoms with Crippen LogP contribution in [0.15, 0.2) is 12.1 Å². The summed E-state index contributed by atoms with van der Waals surface area (Å²) in [5.41, 5.74) is 3.59. The van der Waals surface area contributed by atoms with Crippen LogP contribution in [0.1, 0.15) is 93.6 Å². The molecule has 0 spiro atoms. The van der Waals surface area contributed by atoms with Crippen LogP contribution in [-0.4, -0.2) is 39.1 Å². The molecule has 5 nitrogen and oxygen atoms in total. The van der Waals surface area contributed by atoms with Gasteiger partial charge in [0.15, 0.2) is 8.32 Å². The van der Waals surface area contributed by atoms with Gasteiger partial charge in [-0.3, -0.25) is 4.79 Å². The number of anilines is 1. The van der Waals surface area contributed by atoms with Gasteiger partial charge in [-0.15, -0.1) is 11.3 Å². The van der Waals surface area contributed by atoms with E-state index in [4.69, 9.17) is 13.7 Å². The summed E-state index contributed by atoms with van der Waals surface area (Å²) in [6, 6.07) is 2.99. The summed E-state index contributed by atoms with van der Waals surface area (Å²) in [6.45, 7) is 24.3. The van der Waals surface area contributed by atoms with Gasteiger partial charge in [0, 0.05) is 17.0 Å². The maximum Gasteiger partial charge on any atom is 0.495 e. The van der Waals surface area contributed by atoms with Gasteiger partial charge in [-0.05, 0) is 99.2 Å². The van der Waals surface area contributed by atoms with Crippen LogP contribution in [0, 0.1) is 11.2 Å². The average molecular weight is 586 g/mol. The smallest absolute Gasteiger partial charge is 0.412 e. The number of hydrogen-bond acceptors (Lipinski definition) is 5. The number of amides is 1. The quantitative estimate of drug-likeness (QED) is 0.354. The molecule has 5 rings (SSSR count). The Bertz CT molecular complexity index is 1340. The first-order chi connectivity index (χ1) is 18.2. The van der Waals surface area contributed by atoms with Crippen molar-refractivity contribution in [2.24, 2.45) is 5.41 Å². The van der Waals surface area contributed by atoms with Gasteiger partial charge in [-0.2, -0.15) is 0 Å². The Morgan fingerprint density at radius 1 is 1.05 bits per heavy atom.